The highest BCUT2D eigenvalue weighted by Gasteiger charge is 2.38. The van der Waals surface area contributed by atoms with Crippen molar-refractivity contribution >= 4 is 17.4 Å². The van der Waals surface area contributed by atoms with Gasteiger partial charge in [-0.3, -0.25) is 14.2 Å². The van der Waals surface area contributed by atoms with Crippen LogP contribution in [0.2, 0.25) is 5.02 Å². The Bertz CT molecular complexity index is 1360. The topological polar surface area (TPSA) is 79.5 Å². The Morgan fingerprint density at radius 2 is 1.71 bits per heavy atom. The number of carbonyl (C=O) groups is 1. The van der Waals surface area contributed by atoms with Gasteiger partial charge in [0.05, 0.1) is 10.7 Å². The summed E-state index contributed by atoms with van der Waals surface area (Å²) in [6.45, 7) is 1.95. The number of hydrogen-bond acceptors (Lipinski definition) is 5. The summed E-state index contributed by atoms with van der Waals surface area (Å²) in [4.78, 5) is 36.6. The van der Waals surface area contributed by atoms with E-state index in [2.05, 4.69) is 0 Å². The van der Waals surface area contributed by atoms with Gasteiger partial charge in [0.15, 0.2) is 17.3 Å². The molecule has 0 aliphatic carbocycles. The van der Waals surface area contributed by atoms with E-state index < -0.39 is 40.2 Å². The monoisotopic (exact) mass is 500 g/mol. The molecule has 12 heteroatoms. The van der Waals surface area contributed by atoms with Crippen molar-refractivity contribution in [3.63, 3.8) is 0 Å². The van der Waals surface area contributed by atoms with Crippen molar-refractivity contribution in [1.29, 1.82) is 0 Å². The molecule has 0 saturated carbocycles. The molecule has 0 N–H and O–H groups in total. The van der Waals surface area contributed by atoms with Gasteiger partial charge in [0.1, 0.15) is 23.9 Å². The molecule has 1 heterocycles. The minimum Gasteiger partial charge on any atom is -0.482 e. The lowest BCUT2D eigenvalue weighted by Crippen LogP contribution is -2.43. The second kappa shape index (κ2) is 9.34. The van der Waals surface area contributed by atoms with E-state index in [9.17, 15) is 31.9 Å². The summed E-state index contributed by atoms with van der Waals surface area (Å²) in [6.07, 6.45) is -4.98. The van der Waals surface area contributed by atoms with Gasteiger partial charge in [-0.2, -0.15) is 13.2 Å². The Morgan fingerprint density at radius 1 is 1.09 bits per heavy atom. The fourth-order valence-electron chi connectivity index (χ4n) is 3.19. The van der Waals surface area contributed by atoms with Crippen LogP contribution in [-0.4, -0.2) is 21.5 Å². The Labute approximate surface area is 194 Å². The lowest BCUT2D eigenvalue weighted by molar-refractivity contribution is -0.144. The molecule has 7 nitrogen and oxygen atoms in total. The number of ketones is 1. The van der Waals surface area contributed by atoms with Gasteiger partial charge in [0.25, 0.3) is 5.56 Å². The molecule has 0 aliphatic heterocycles. The maximum Gasteiger partial charge on any atom is 0.432 e. The number of benzene rings is 2. The highest BCUT2D eigenvalue weighted by molar-refractivity contribution is 6.32. The van der Waals surface area contributed by atoms with E-state index in [1.54, 1.807) is 12.1 Å². The largest absolute Gasteiger partial charge is 0.482 e. The van der Waals surface area contributed by atoms with Crippen molar-refractivity contribution in [1.82, 2.24) is 9.13 Å². The van der Waals surface area contributed by atoms with Crippen molar-refractivity contribution < 1.29 is 31.8 Å². The van der Waals surface area contributed by atoms with E-state index in [1.165, 1.54) is 19.1 Å². The lowest BCUT2D eigenvalue weighted by atomic mass is 10.2. The second-order valence-corrected chi connectivity index (χ2v) is 7.63. The van der Waals surface area contributed by atoms with E-state index in [0.717, 1.165) is 26.1 Å². The number of Topliss-reactive ketones (excluding diaryl/α,β-unsaturated/α-hetero) is 1. The molecule has 34 heavy (non-hydrogen) atoms. The van der Waals surface area contributed by atoms with Crippen LogP contribution in [0.4, 0.5) is 17.6 Å². The molecule has 0 amide bonds. The summed E-state index contributed by atoms with van der Waals surface area (Å²) < 4.78 is 66.3. The van der Waals surface area contributed by atoms with Crippen molar-refractivity contribution in [2.75, 3.05) is 6.61 Å². The number of nitrogens with zero attached hydrogens (tertiary/aromatic N) is 2. The number of hydrogen-bond donors (Lipinski definition) is 0. The predicted octanol–water partition coefficient (Wildman–Crippen LogP) is 4.42. The molecule has 3 aromatic rings. The molecule has 0 aliphatic rings. The van der Waals surface area contributed by atoms with E-state index >= 15 is 0 Å². The van der Waals surface area contributed by atoms with Crippen LogP contribution in [0.1, 0.15) is 18.2 Å². The second-order valence-electron chi connectivity index (χ2n) is 7.23. The van der Waals surface area contributed by atoms with Gasteiger partial charge >= 0.3 is 11.9 Å². The third kappa shape index (κ3) is 4.84. The summed E-state index contributed by atoms with van der Waals surface area (Å²) in [7, 11) is 0.821. The molecule has 0 saturated heterocycles. The highest BCUT2D eigenvalue weighted by atomic mass is 35.5. The molecule has 0 atom stereocenters. The molecule has 3 rings (SSSR count). The Hall–Kier alpha value is -3.60. The van der Waals surface area contributed by atoms with Crippen molar-refractivity contribution in [3.05, 3.63) is 79.3 Å². The third-order valence-electron chi connectivity index (χ3n) is 4.70. The highest BCUT2D eigenvalue weighted by Crippen LogP contribution is 2.37. The van der Waals surface area contributed by atoms with Crippen molar-refractivity contribution in [2.24, 2.45) is 7.05 Å². The number of halogens is 5. The maximum atomic E-state index is 14.8. The van der Waals surface area contributed by atoms with E-state index in [0.29, 0.717) is 0 Å². The first-order valence-corrected chi connectivity index (χ1v) is 9.99. The number of para-hydroxylation sites is 2. The summed E-state index contributed by atoms with van der Waals surface area (Å²) in [6, 6.07) is 7.81. The lowest BCUT2D eigenvalue weighted by Gasteiger charge is -2.18. The minimum absolute atomic E-state index is 0.0760. The van der Waals surface area contributed by atoms with Gasteiger partial charge in [0.2, 0.25) is 0 Å². The number of alkyl halides is 3. The van der Waals surface area contributed by atoms with Gasteiger partial charge in [-0.25, -0.2) is 13.8 Å². The molecule has 1 aromatic heterocycles. The van der Waals surface area contributed by atoms with E-state index in [-0.39, 0.29) is 43.8 Å². The molecule has 180 valence electrons. The zero-order chi connectivity index (χ0) is 25.4. The van der Waals surface area contributed by atoms with Crippen LogP contribution in [0.5, 0.6) is 17.2 Å². The average molecular weight is 501 g/mol. The Balaban J connectivity index is 2.17. The fourth-order valence-corrected chi connectivity index (χ4v) is 3.38. The van der Waals surface area contributed by atoms with E-state index in [4.69, 9.17) is 21.1 Å². The van der Waals surface area contributed by atoms with Gasteiger partial charge < -0.3 is 9.47 Å². The van der Waals surface area contributed by atoms with E-state index in [1.807, 2.05) is 0 Å². The molecule has 0 radical (unpaired) electrons. The zero-order valence-electron chi connectivity index (χ0n) is 18.0. The van der Waals surface area contributed by atoms with Crippen LogP contribution < -0.4 is 20.7 Å². The maximum absolute atomic E-state index is 14.8. The van der Waals surface area contributed by atoms with Crippen LogP contribution in [0.15, 0.2) is 46.0 Å². The van der Waals surface area contributed by atoms with Crippen LogP contribution in [0.3, 0.4) is 0 Å². The van der Waals surface area contributed by atoms with Gasteiger partial charge in [-0.15, -0.1) is 0 Å². The first kappa shape index (κ1) is 25.0. The molecule has 0 unspecified atom stereocenters. The molecule has 0 fully saturated rings. The average Bonchev–Trinajstić information content (AvgIpc) is 2.74. The zero-order valence-corrected chi connectivity index (χ0v) is 18.8. The number of ether oxygens (including phenoxy) is 2. The Morgan fingerprint density at radius 3 is 2.29 bits per heavy atom. The first-order chi connectivity index (χ1) is 15.8. The smallest absolute Gasteiger partial charge is 0.432 e. The summed E-state index contributed by atoms with van der Waals surface area (Å²) in [5, 5.41) is -0.254. The summed E-state index contributed by atoms with van der Waals surface area (Å²) in [5.41, 5.74) is -5.67. The van der Waals surface area contributed by atoms with Crippen LogP contribution in [0, 0.1) is 12.7 Å². The standard InChI is InChI=1S/C22H17ClF4N2O5/c1-11(30)10-33-16-6-4-5-7-17(16)34-18-9-15(14(24)8-13(18)23)29-20(31)12(2)19(22(25,26)27)28(3)21(29)32/h4-9H,10H2,1-3H3. The normalized spacial score (nSPS) is 11.4. The Kier molecular flexibility index (Phi) is 6.87. The van der Waals surface area contributed by atoms with Gasteiger partial charge in [-0.1, -0.05) is 23.7 Å². The molecule has 2 aromatic carbocycles. The van der Waals surface area contributed by atoms with Crippen molar-refractivity contribution in [2.45, 2.75) is 20.0 Å². The SMILES string of the molecule is CC(=O)COc1ccccc1Oc1cc(-n2c(=O)c(C)c(C(F)(F)F)n(C)c2=O)c(F)cc1Cl. The molecular weight excluding hydrogens is 484 g/mol. The number of aromatic nitrogens is 2. The van der Waals surface area contributed by atoms with Gasteiger partial charge in [0, 0.05) is 18.7 Å². The van der Waals surface area contributed by atoms with Crippen LogP contribution in [-0.2, 0) is 18.0 Å². The molecular formula is C22H17ClF4N2O5. The minimum atomic E-state index is -4.98. The first-order valence-electron chi connectivity index (χ1n) is 9.61. The van der Waals surface area contributed by atoms with Gasteiger partial charge in [-0.05, 0) is 32.0 Å². The number of rotatable bonds is 6. The summed E-state index contributed by atoms with van der Waals surface area (Å²) >= 11 is 6.07. The molecule has 0 bridgehead atoms. The summed E-state index contributed by atoms with van der Waals surface area (Å²) in [5.74, 6) is -1.39. The molecule has 0 spiro atoms. The van der Waals surface area contributed by atoms with Crippen LogP contribution in [0.25, 0.3) is 5.69 Å². The quantitative estimate of drug-likeness (QED) is 0.468. The third-order valence-corrected chi connectivity index (χ3v) is 5.00. The van der Waals surface area contributed by atoms with Crippen LogP contribution >= 0.6 is 11.6 Å². The predicted molar refractivity (Wildman–Crippen MR) is 115 cm³/mol. The van der Waals surface area contributed by atoms with Crippen molar-refractivity contribution in [3.8, 4) is 22.9 Å². The fraction of sp³-hybridized carbons (Fsp3) is 0.227. The number of carbonyl (C=O) groups excluding carboxylic acids is 1.